The van der Waals surface area contributed by atoms with Crippen LogP contribution >= 0.6 is 0 Å². The van der Waals surface area contributed by atoms with Crippen LogP contribution < -0.4 is 9.47 Å². The topological polar surface area (TPSA) is 77.2 Å². The Morgan fingerprint density at radius 2 is 1.63 bits per heavy atom. The summed E-state index contributed by atoms with van der Waals surface area (Å²) in [6, 6.07) is 17.6. The Hall–Kier alpha value is -4.03. The van der Waals surface area contributed by atoms with Gasteiger partial charge in [0, 0.05) is 29.9 Å². The van der Waals surface area contributed by atoms with Crippen LogP contribution in [0.2, 0.25) is 0 Å². The quantitative estimate of drug-likeness (QED) is 0.175. The van der Waals surface area contributed by atoms with Crippen LogP contribution in [0, 0.1) is 5.82 Å². The lowest BCUT2D eigenvalue weighted by Gasteiger charge is -2.10. The lowest BCUT2D eigenvalue weighted by Crippen LogP contribution is -2.06. The standard InChI is InChI=1S/C29H27FO5/c1-3-28(32)34-24-14-9-20(10-15-24)7-8-21-11-16-25(26(30)18-21)23-13-12-22(6-5-17-31)27(19-23)35-29(33)4-2/h3-4,9-16,18-19,31H,1-2,5-8,17H2/p+1. The highest BCUT2D eigenvalue weighted by atomic mass is 19.1. The summed E-state index contributed by atoms with van der Waals surface area (Å²) in [5.41, 5.74) is 3.70. The summed E-state index contributed by atoms with van der Waals surface area (Å²) in [5, 5.41) is 9.13. The molecule has 0 radical (unpaired) electrons. The van der Waals surface area contributed by atoms with Crippen molar-refractivity contribution >= 4 is 11.9 Å². The zero-order chi connectivity index (χ0) is 25.2. The van der Waals surface area contributed by atoms with Gasteiger partial charge in [0.2, 0.25) is 0 Å². The van der Waals surface area contributed by atoms with Gasteiger partial charge in [0.1, 0.15) is 11.6 Å². The predicted octanol–water partition coefficient (Wildman–Crippen LogP) is 5.36. The summed E-state index contributed by atoms with van der Waals surface area (Å²) in [6.07, 6.45) is 4.71. The molecule has 0 amide bonds. The van der Waals surface area contributed by atoms with Crippen LogP contribution in [0.5, 0.6) is 11.5 Å². The molecular formula is C29H28FO5+. The second-order valence-corrected chi connectivity index (χ2v) is 7.88. The van der Waals surface area contributed by atoms with Gasteiger partial charge in [-0.05, 0) is 60.6 Å². The average Bonchev–Trinajstić information content (AvgIpc) is 2.87. The van der Waals surface area contributed by atoms with E-state index in [1.54, 1.807) is 36.4 Å². The molecule has 0 unspecified atom stereocenters. The first-order chi connectivity index (χ1) is 16.9. The molecule has 0 atom stereocenters. The van der Waals surface area contributed by atoms with Crippen LogP contribution in [0.3, 0.4) is 0 Å². The first kappa shape index (κ1) is 25.6. The molecule has 3 aromatic carbocycles. The Balaban J connectivity index is 1.73. The van der Waals surface area contributed by atoms with E-state index in [1.165, 1.54) is 12.1 Å². The molecule has 3 rings (SSSR count). The summed E-state index contributed by atoms with van der Waals surface area (Å²) in [7, 11) is 0. The van der Waals surface area contributed by atoms with Crippen molar-refractivity contribution in [2.75, 3.05) is 6.61 Å². The normalized spacial score (nSPS) is 10.5. The smallest absolute Gasteiger partial charge is 0.423 e. The Bertz CT molecular complexity index is 1210. The van der Waals surface area contributed by atoms with Gasteiger partial charge in [-0.25, -0.2) is 9.18 Å². The Morgan fingerprint density at radius 3 is 2.29 bits per heavy atom. The minimum atomic E-state index is -0.512. The third kappa shape index (κ3) is 7.22. The van der Waals surface area contributed by atoms with E-state index in [2.05, 4.69) is 13.2 Å². The number of halogens is 1. The van der Waals surface area contributed by atoms with E-state index in [0.717, 1.165) is 22.8 Å². The number of esters is 2. The zero-order valence-corrected chi connectivity index (χ0v) is 19.4. The maximum Gasteiger partial charge on any atom is 0.515 e. The van der Waals surface area contributed by atoms with Crippen molar-refractivity contribution < 1.29 is 28.6 Å². The molecule has 180 valence electrons. The van der Waals surface area contributed by atoms with Crippen molar-refractivity contribution in [2.24, 2.45) is 0 Å². The number of aliphatic hydroxyl groups excluding tert-OH is 1. The Kier molecular flexibility index (Phi) is 9.09. The largest absolute Gasteiger partial charge is 0.515 e. The number of ether oxygens (including phenoxy) is 2. The second-order valence-electron chi connectivity index (χ2n) is 7.88. The molecule has 6 heteroatoms. The summed E-state index contributed by atoms with van der Waals surface area (Å²) < 4.78 is 25.6. The van der Waals surface area contributed by atoms with Crippen molar-refractivity contribution in [2.45, 2.75) is 25.7 Å². The summed E-state index contributed by atoms with van der Waals surface area (Å²) in [6.45, 7) is 6.87. The van der Waals surface area contributed by atoms with E-state index in [0.29, 0.717) is 48.3 Å². The lowest BCUT2D eigenvalue weighted by molar-refractivity contribution is -0.128. The van der Waals surface area contributed by atoms with Crippen molar-refractivity contribution in [3.63, 3.8) is 0 Å². The molecule has 35 heavy (non-hydrogen) atoms. The fourth-order valence-electron chi connectivity index (χ4n) is 3.57. The van der Waals surface area contributed by atoms with Gasteiger partial charge in [0.15, 0.2) is 0 Å². The summed E-state index contributed by atoms with van der Waals surface area (Å²) >= 11 is 0. The molecule has 0 aliphatic rings. The first-order valence-corrected chi connectivity index (χ1v) is 11.3. The first-order valence-electron chi connectivity index (χ1n) is 11.3. The average molecular weight is 476 g/mol. The number of hydrogen-bond donors (Lipinski definition) is 1. The highest BCUT2D eigenvalue weighted by molar-refractivity contribution is 5.85. The zero-order valence-electron chi connectivity index (χ0n) is 19.4. The van der Waals surface area contributed by atoms with Crippen LogP contribution in [0.25, 0.3) is 11.1 Å². The van der Waals surface area contributed by atoms with Gasteiger partial charge in [-0.2, -0.15) is 0 Å². The molecule has 0 aliphatic carbocycles. The van der Waals surface area contributed by atoms with Crippen LogP contribution in [0.4, 0.5) is 4.39 Å². The Labute approximate surface area is 204 Å². The molecule has 0 aromatic heterocycles. The minimum absolute atomic E-state index is 0.0291. The number of aliphatic hydroxyl groups is 1. The van der Waals surface area contributed by atoms with E-state index < -0.39 is 5.97 Å². The van der Waals surface area contributed by atoms with Gasteiger partial charge >= 0.3 is 11.9 Å². The van der Waals surface area contributed by atoms with Gasteiger partial charge in [0.25, 0.3) is 5.75 Å². The molecule has 3 aromatic rings. The number of benzene rings is 3. The van der Waals surface area contributed by atoms with Crippen molar-refractivity contribution in [1.82, 2.24) is 0 Å². The molecule has 0 bridgehead atoms. The fourth-order valence-corrected chi connectivity index (χ4v) is 3.57. The summed E-state index contributed by atoms with van der Waals surface area (Å²) in [4.78, 5) is 21.0. The highest BCUT2D eigenvalue weighted by Crippen LogP contribution is 2.31. The van der Waals surface area contributed by atoms with Crippen LogP contribution in [-0.4, -0.2) is 28.4 Å². The van der Waals surface area contributed by atoms with Gasteiger partial charge in [-0.15, -0.1) is 0 Å². The maximum atomic E-state index is 15.0. The van der Waals surface area contributed by atoms with E-state index in [9.17, 15) is 9.59 Å². The highest BCUT2D eigenvalue weighted by Gasteiger charge is 2.18. The van der Waals surface area contributed by atoms with Crippen molar-refractivity contribution in [3.05, 3.63) is 108 Å². The number of carbonyl (C=O) groups excluding carboxylic acids is 2. The molecule has 0 saturated heterocycles. The molecule has 5 nitrogen and oxygen atoms in total. The van der Waals surface area contributed by atoms with Gasteiger partial charge in [-0.1, -0.05) is 49.6 Å². The van der Waals surface area contributed by atoms with Gasteiger partial charge in [0.05, 0.1) is 6.08 Å². The SMILES string of the molecule is C=CC(=O)Oc1ccc(CCc2ccc(-c3ccc(CCCO)c(OC(=[OH+])C=C)c3)c(F)c2)cc1. The van der Waals surface area contributed by atoms with Gasteiger partial charge in [-0.3, -0.25) is 4.74 Å². The van der Waals surface area contributed by atoms with Crippen LogP contribution in [0.15, 0.2) is 86.0 Å². The van der Waals surface area contributed by atoms with E-state index >= 15 is 4.39 Å². The van der Waals surface area contributed by atoms with Crippen LogP contribution in [0.1, 0.15) is 23.1 Å². The third-order valence-electron chi connectivity index (χ3n) is 5.42. The van der Waals surface area contributed by atoms with Crippen molar-refractivity contribution in [3.8, 4) is 22.6 Å². The third-order valence-corrected chi connectivity index (χ3v) is 5.42. The fraction of sp³-hybridized carbons (Fsp3) is 0.172. The van der Waals surface area contributed by atoms with E-state index in [4.69, 9.17) is 14.6 Å². The lowest BCUT2D eigenvalue weighted by atomic mass is 9.97. The van der Waals surface area contributed by atoms with E-state index in [1.807, 2.05) is 18.2 Å². The van der Waals surface area contributed by atoms with Crippen LogP contribution in [-0.2, 0) is 24.1 Å². The molecule has 0 fully saturated rings. The maximum absolute atomic E-state index is 15.0. The molecule has 0 heterocycles. The Morgan fingerprint density at radius 1 is 0.914 bits per heavy atom. The molecule has 2 N–H and O–H groups in total. The van der Waals surface area contributed by atoms with E-state index in [-0.39, 0.29) is 18.4 Å². The number of hydrogen-bond acceptors (Lipinski definition) is 4. The minimum Gasteiger partial charge on any atom is -0.423 e. The molecule has 0 aliphatic heterocycles. The monoisotopic (exact) mass is 475 g/mol. The predicted molar refractivity (Wildman–Crippen MR) is 135 cm³/mol. The summed E-state index contributed by atoms with van der Waals surface area (Å²) in [5.74, 6) is -0.393. The van der Waals surface area contributed by atoms with Gasteiger partial charge < -0.3 is 14.6 Å². The van der Waals surface area contributed by atoms with Crippen molar-refractivity contribution in [1.29, 1.82) is 0 Å². The second kappa shape index (κ2) is 12.4. The molecule has 0 spiro atoms. The molecule has 0 saturated carbocycles. The number of rotatable bonds is 11. The molecular weight excluding hydrogens is 447 g/mol. The number of carbonyl (C=O) groups is 1. The number of aryl methyl sites for hydroxylation is 3.